The first-order valence-corrected chi connectivity index (χ1v) is 7.84. The highest BCUT2D eigenvalue weighted by atomic mass is 32.1. The van der Waals surface area contributed by atoms with Gasteiger partial charge >= 0.3 is 0 Å². The van der Waals surface area contributed by atoms with Gasteiger partial charge in [0.2, 0.25) is 6.79 Å². The third kappa shape index (κ3) is 4.16. The second kappa shape index (κ2) is 7.66. The average Bonchev–Trinajstić information content (AvgIpc) is 3.09. The third-order valence-corrected chi connectivity index (χ3v) is 3.69. The van der Waals surface area contributed by atoms with E-state index in [2.05, 4.69) is 15.8 Å². The lowest BCUT2D eigenvalue weighted by Crippen LogP contribution is -2.31. The molecule has 2 N–H and O–H groups in total. The molecule has 0 atom stereocenters. The number of rotatable bonds is 5. The second-order valence-electron chi connectivity index (χ2n) is 5.22. The lowest BCUT2D eigenvalue weighted by atomic mass is 10.2. The molecule has 0 aliphatic carbocycles. The Labute approximate surface area is 153 Å². The number of ether oxygens (including phenoxy) is 2. The molecule has 26 heavy (non-hydrogen) atoms. The molecular weight excluding hydrogens is 360 g/mol. The van der Waals surface area contributed by atoms with Crippen molar-refractivity contribution in [3.63, 3.8) is 0 Å². The first-order chi connectivity index (χ1) is 12.5. The normalized spacial score (nSPS) is 12.2. The van der Waals surface area contributed by atoms with Crippen LogP contribution in [0, 0.1) is 10.1 Å². The van der Waals surface area contributed by atoms with Crippen molar-refractivity contribution >= 4 is 29.2 Å². The Morgan fingerprint density at radius 2 is 2.08 bits per heavy atom. The van der Waals surface area contributed by atoms with Gasteiger partial charge < -0.3 is 19.9 Å². The van der Waals surface area contributed by atoms with Gasteiger partial charge in [-0.1, -0.05) is 18.2 Å². The number of benzene rings is 2. The fraction of sp³-hybridized carbons (Fsp3) is 0.125. The highest BCUT2D eigenvalue weighted by molar-refractivity contribution is 7.80. The van der Waals surface area contributed by atoms with E-state index >= 15 is 0 Å². The molecular formula is C16H13N4O5S-. The summed E-state index contributed by atoms with van der Waals surface area (Å²) in [5.41, 5.74) is 3.45. The molecule has 0 radical (unpaired) electrons. The minimum atomic E-state index is -0.731. The number of nitro groups is 1. The van der Waals surface area contributed by atoms with Crippen molar-refractivity contribution in [2.75, 3.05) is 6.79 Å². The highest BCUT2D eigenvalue weighted by Gasteiger charge is 2.13. The van der Waals surface area contributed by atoms with Gasteiger partial charge in [0.15, 0.2) is 16.6 Å². The second-order valence-corrected chi connectivity index (χ2v) is 5.63. The summed E-state index contributed by atoms with van der Waals surface area (Å²) < 4.78 is 10.5. The summed E-state index contributed by atoms with van der Waals surface area (Å²) in [5.74, 6) is 0.739. The topological polar surface area (TPSA) is 121 Å². The van der Waals surface area contributed by atoms with Crippen LogP contribution in [0.15, 0.2) is 41.5 Å². The Morgan fingerprint density at radius 1 is 1.27 bits per heavy atom. The fourth-order valence-corrected chi connectivity index (χ4v) is 2.32. The molecule has 134 valence electrons. The molecule has 2 aromatic rings. The average molecular weight is 373 g/mol. The maximum atomic E-state index is 11.3. The van der Waals surface area contributed by atoms with Crippen molar-refractivity contribution in [3.8, 4) is 17.2 Å². The molecule has 0 spiro atoms. The summed E-state index contributed by atoms with van der Waals surface area (Å²) in [6, 6.07) is 9.26. The first-order valence-electron chi connectivity index (χ1n) is 7.44. The summed E-state index contributed by atoms with van der Waals surface area (Å²) in [6.07, 6.45) is 1.33. The molecule has 0 saturated carbocycles. The van der Waals surface area contributed by atoms with Crippen LogP contribution in [0.5, 0.6) is 17.2 Å². The van der Waals surface area contributed by atoms with Gasteiger partial charge in [-0.2, -0.15) is 5.10 Å². The summed E-state index contributed by atoms with van der Waals surface area (Å²) in [7, 11) is 0. The van der Waals surface area contributed by atoms with Gasteiger partial charge in [-0.15, -0.1) is 0 Å². The van der Waals surface area contributed by atoms with Crippen LogP contribution < -0.4 is 25.3 Å². The van der Waals surface area contributed by atoms with Crippen LogP contribution in [-0.2, 0) is 6.54 Å². The molecule has 2 aromatic carbocycles. The minimum Gasteiger partial charge on any atom is -0.868 e. The van der Waals surface area contributed by atoms with Crippen molar-refractivity contribution in [1.29, 1.82) is 0 Å². The number of hydrazone groups is 1. The van der Waals surface area contributed by atoms with E-state index in [1.54, 1.807) is 0 Å². The zero-order valence-electron chi connectivity index (χ0n) is 13.3. The van der Waals surface area contributed by atoms with Crippen molar-refractivity contribution in [2.24, 2.45) is 5.10 Å². The molecule has 0 amide bonds. The van der Waals surface area contributed by atoms with Gasteiger partial charge in [0, 0.05) is 18.2 Å². The molecule has 1 aliphatic heterocycles. The van der Waals surface area contributed by atoms with Gasteiger partial charge in [0.05, 0.1) is 11.1 Å². The summed E-state index contributed by atoms with van der Waals surface area (Å²) in [6.45, 7) is 0.667. The van der Waals surface area contributed by atoms with Gasteiger partial charge in [-0.3, -0.25) is 15.5 Å². The predicted octanol–water partition coefficient (Wildman–Crippen LogP) is 1.40. The molecule has 1 aliphatic rings. The predicted molar refractivity (Wildman–Crippen MR) is 95.3 cm³/mol. The van der Waals surface area contributed by atoms with Gasteiger partial charge in [-0.05, 0) is 35.7 Å². The molecule has 9 nitrogen and oxygen atoms in total. The molecule has 3 rings (SSSR count). The van der Waals surface area contributed by atoms with E-state index in [9.17, 15) is 15.2 Å². The van der Waals surface area contributed by atoms with Crippen molar-refractivity contribution in [3.05, 3.63) is 57.6 Å². The van der Waals surface area contributed by atoms with Crippen LogP contribution in [0.2, 0.25) is 0 Å². The molecule has 0 saturated heterocycles. The molecule has 0 unspecified atom stereocenters. The smallest absolute Gasteiger partial charge is 0.262 e. The maximum absolute atomic E-state index is 11.3. The van der Waals surface area contributed by atoms with Crippen molar-refractivity contribution < 1.29 is 19.5 Å². The Bertz CT molecular complexity index is 887. The van der Waals surface area contributed by atoms with Gasteiger partial charge in [-0.25, -0.2) is 0 Å². The number of nitro benzene ring substituents is 1. The zero-order valence-corrected chi connectivity index (χ0v) is 14.1. The quantitative estimate of drug-likeness (QED) is 0.349. The van der Waals surface area contributed by atoms with Crippen LogP contribution in [0.3, 0.4) is 0 Å². The van der Waals surface area contributed by atoms with E-state index in [1.165, 1.54) is 12.3 Å². The van der Waals surface area contributed by atoms with E-state index in [4.69, 9.17) is 21.7 Å². The van der Waals surface area contributed by atoms with Crippen molar-refractivity contribution in [2.45, 2.75) is 6.54 Å². The van der Waals surface area contributed by atoms with Crippen LogP contribution in [0.1, 0.15) is 11.1 Å². The molecule has 1 heterocycles. The van der Waals surface area contributed by atoms with Crippen LogP contribution >= 0.6 is 12.2 Å². The molecule has 0 bridgehead atoms. The molecule has 0 fully saturated rings. The largest absolute Gasteiger partial charge is 0.868 e. The molecule has 10 heteroatoms. The number of nitrogens with zero attached hydrogens (tertiary/aromatic N) is 2. The number of nitrogens with one attached hydrogen (secondary N) is 2. The SMILES string of the molecule is O=[N+]([O-])c1cc(/C=N\NC(=S)NCc2ccc3c(c2)OCO3)ccc1[O-]. The lowest BCUT2D eigenvalue weighted by Gasteiger charge is -2.08. The number of hydrogen-bond acceptors (Lipinski definition) is 7. The Kier molecular flexibility index (Phi) is 5.13. The minimum absolute atomic E-state index is 0.215. The Balaban J connectivity index is 1.52. The van der Waals surface area contributed by atoms with Crippen molar-refractivity contribution in [1.82, 2.24) is 10.7 Å². The number of fused-ring (bicyclic) bond motifs is 1. The Morgan fingerprint density at radius 3 is 2.88 bits per heavy atom. The molecule has 0 aromatic heterocycles. The van der Waals surface area contributed by atoms with Gasteiger partial charge in [0.1, 0.15) is 0 Å². The first kappa shape index (κ1) is 17.4. The lowest BCUT2D eigenvalue weighted by molar-refractivity contribution is -0.398. The Hall–Kier alpha value is -3.40. The van der Waals surface area contributed by atoms with E-state index < -0.39 is 16.4 Å². The van der Waals surface area contributed by atoms with E-state index in [-0.39, 0.29) is 11.9 Å². The summed E-state index contributed by atoms with van der Waals surface area (Å²) >= 11 is 5.11. The zero-order chi connectivity index (χ0) is 18.5. The van der Waals surface area contributed by atoms with Crippen LogP contribution in [-0.4, -0.2) is 23.0 Å². The van der Waals surface area contributed by atoms with Crippen LogP contribution in [0.25, 0.3) is 0 Å². The van der Waals surface area contributed by atoms with E-state index in [0.29, 0.717) is 23.6 Å². The van der Waals surface area contributed by atoms with Gasteiger partial charge in [0.25, 0.3) is 5.69 Å². The fourth-order valence-electron chi connectivity index (χ4n) is 2.20. The standard InChI is InChI=1S/C16H14N4O5S/c21-13-3-1-10(5-12(13)20(22)23)8-18-19-16(26)17-7-11-2-4-14-15(6-11)25-9-24-14/h1-6,8,21H,7,9H2,(H2,17,19,26)/p-1/b18-8-. The van der Waals surface area contributed by atoms with E-state index in [1.807, 2.05) is 18.2 Å². The number of hydrogen-bond donors (Lipinski definition) is 2. The summed E-state index contributed by atoms with van der Waals surface area (Å²) in [4.78, 5) is 10.0. The summed E-state index contributed by atoms with van der Waals surface area (Å²) in [5, 5.41) is 29.2. The third-order valence-electron chi connectivity index (χ3n) is 3.45. The monoisotopic (exact) mass is 373 g/mol. The van der Waals surface area contributed by atoms with Crippen LogP contribution in [0.4, 0.5) is 5.69 Å². The maximum Gasteiger partial charge on any atom is 0.262 e. The number of thiocarbonyl (C=S) groups is 1. The van der Waals surface area contributed by atoms with E-state index in [0.717, 1.165) is 17.7 Å². The highest BCUT2D eigenvalue weighted by Crippen LogP contribution is 2.32.